The monoisotopic (exact) mass is 393 g/mol. The second-order valence-corrected chi connectivity index (χ2v) is 7.33. The summed E-state index contributed by atoms with van der Waals surface area (Å²) in [4.78, 5) is 16.8. The first kappa shape index (κ1) is 18.3. The third-order valence-electron chi connectivity index (χ3n) is 4.42. The molecule has 0 N–H and O–H groups in total. The van der Waals surface area contributed by atoms with Gasteiger partial charge in [0.25, 0.3) is 0 Å². The molecule has 0 fully saturated rings. The molecule has 0 amide bonds. The minimum absolute atomic E-state index is 0.153. The average Bonchev–Trinajstić information content (AvgIpc) is 3.33. The largest absolute Gasteiger partial charge is 0.497 e. The summed E-state index contributed by atoms with van der Waals surface area (Å²) in [6, 6.07) is 13.6. The molecule has 4 rings (SSSR count). The lowest BCUT2D eigenvalue weighted by molar-refractivity contribution is -0.144. The number of carbonyl (C=O) groups is 1. The van der Waals surface area contributed by atoms with Crippen LogP contribution in [0.25, 0.3) is 21.5 Å². The first-order valence-electron chi connectivity index (χ1n) is 8.83. The Morgan fingerprint density at radius 1 is 1.18 bits per heavy atom. The van der Waals surface area contributed by atoms with Crippen LogP contribution in [0.4, 0.5) is 0 Å². The van der Waals surface area contributed by atoms with Crippen LogP contribution in [-0.4, -0.2) is 18.1 Å². The van der Waals surface area contributed by atoms with E-state index in [0.717, 1.165) is 44.1 Å². The van der Waals surface area contributed by atoms with Crippen LogP contribution in [0.3, 0.4) is 0 Å². The fourth-order valence-electron chi connectivity index (χ4n) is 2.93. The van der Waals surface area contributed by atoms with Crippen LogP contribution >= 0.6 is 11.3 Å². The molecule has 0 aliphatic carbocycles. The number of hydrogen-bond acceptors (Lipinski definition) is 6. The molecule has 28 heavy (non-hydrogen) atoms. The number of aryl methyl sites for hydroxylation is 1. The Morgan fingerprint density at radius 2 is 2.00 bits per heavy atom. The molecular weight excluding hydrogens is 374 g/mol. The Balaban J connectivity index is 1.37. The summed E-state index contributed by atoms with van der Waals surface area (Å²) in [5.41, 5.74) is 4.47. The maximum atomic E-state index is 12.2. The number of benzene rings is 2. The number of rotatable bonds is 6. The van der Waals surface area contributed by atoms with Crippen LogP contribution in [0.5, 0.6) is 5.75 Å². The van der Waals surface area contributed by atoms with Gasteiger partial charge in [-0.25, -0.2) is 4.98 Å². The van der Waals surface area contributed by atoms with Crippen LogP contribution in [0.2, 0.25) is 0 Å². The van der Waals surface area contributed by atoms with Crippen molar-refractivity contribution >= 4 is 28.3 Å². The Bertz CT molecular complexity index is 1110. The fraction of sp³-hybridized carbons (Fsp3) is 0.182. The maximum absolute atomic E-state index is 12.2. The predicted molar refractivity (Wildman–Crippen MR) is 109 cm³/mol. The molecule has 2 aromatic carbocycles. The highest BCUT2D eigenvalue weighted by Crippen LogP contribution is 2.26. The van der Waals surface area contributed by atoms with Crippen molar-refractivity contribution in [2.45, 2.75) is 20.0 Å². The number of methoxy groups -OCH3 is 1. The van der Waals surface area contributed by atoms with Gasteiger partial charge >= 0.3 is 5.97 Å². The van der Waals surface area contributed by atoms with Crippen molar-refractivity contribution in [2.24, 2.45) is 0 Å². The first-order valence-corrected chi connectivity index (χ1v) is 9.71. The van der Waals surface area contributed by atoms with E-state index in [1.165, 1.54) is 11.3 Å². The lowest BCUT2D eigenvalue weighted by Crippen LogP contribution is -2.07. The fourth-order valence-corrected chi connectivity index (χ4v) is 3.74. The number of fused-ring (bicyclic) bond motifs is 1. The summed E-state index contributed by atoms with van der Waals surface area (Å²) in [5.74, 6) is 0.499. The van der Waals surface area contributed by atoms with Crippen molar-refractivity contribution in [3.05, 3.63) is 70.9 Å². The van der Waals surface area contributed by atoms with Crippen molar-refractivity contribution in [2.75, 3.05) is 7.11 Å². The summed E-state index contributed by atoms with van der Waals surface area (Å²) in [5, 5.41) is 3.73. The van der Waals surface area contributed by atoms with E-state index >= 15 is 0 Å². The van der Waals surface area contributed by atoms with Crippen molar-refractivity contribution < 1.29 is 18.7 Å². The van der Waals surface area contributed by atoms with Crippen molar-refractivity contribution in [1.82, 2.24) is 4.98 Å². The molecule has 0 spiro atoms. The second kappa shape index (κ2) is 7.86. The lowest BCUT2D eigenvalue weighted by Gasteiger charge is -2.02. The SMILES string of the molecule is COc1ccc(-c2nc(COC(=O)Cc3coc4cc(C)ccc34)cs2)cc1. The molecule has 2 heterocycles. The zero-order valence-corrected chi connectivity index (χ0v) is 16.4. The molecule has 142 valence electrons. The number of thiazole rings is 1. The Kier molecular flexibility index (Phi) is 5.12. The van der Waals surface area contributed by atoms with E-state index in [2.05, 4.69) is 4.98 Å². The number of ether oxygens (including phenoxy) is 2. The van der Waals surface area contributed by atoms with E-state index < -0.39 is 0 Å². The molecule has 4 aromatic rings. The minimum atomic E-state index is -0.303. The summed E-state index contributed by atoms with van der Waals surface area (Å²) in [6.45, 7) is 2.16. The molecule has 0 bridgehead atoms. The summed E-state index contributed by atoms with van der Waals surface area (Å²) in [7, 11) is 1.64. The third-order valence-corrected chi connectivity index (χ3v) is 5.36. The number of furan rings is 1. The molecule has 0 unspecified atom stereocenters. The van der Waals surface area contributed by atoms with Gasteiger partial charge in [0, 0.05) is 21.9 Å². The zero-order chi connectivity index (χ0) is 19.5. The standard InChI is InChI=1S/C22H19NO4S/c1-14-3-8-19-16(11-26-20(19)9-14)10-21(24)27-12-17-13-28-22(23-17)15-4-6-18(25-2)7-5-15/h3-9,11,13H,10,12H2,1-2H3. The molecule has 6 heteroatoms. The highest BCUT2D eigenvalue weighted by Gasteiger charge is 2.13. The van der Waals surface area contributed by atoms with Gasteiger partial charge in [-0.2, -0.15) is 0 Å². The molecule has 5 nitrogen and oxygen atoms in total. The van der Waals surface area contributed by atoms with E-state index in [-0.39, 0.29) is 19.0 Å². The Hall–Kier alpha value is -3.12. The van der Waals surface area contributed by atoms with Crippen LogP contribution in [-0.2, 0) is 22.6 Å². The van der Waals surface area contributed by atoms with Crippen molar-refractivity contribution in [3.63, 3.8) is 0 Å². The van der Waals surface area contributed by atoms with E-state index in [1.54, 1.807) is 13.4 Å². The average molecular weight is 393 g/mol. The summed E-state index contributed by atoms with van der Waals surface area (Å²) in [6.07, 6.45) is 1.79. The number of carbonyl (C=O) groups excluding carboxylic acids is 1. The predicted octanol–water partition coefficient (Wildman–Crippen LogP) is 5.16. The highest BCUT2D eigenvalue weighted by molar-refractivity contribution is 7.13. The van der Waals surface area contributed by atoms with Gasteiger partial charge in [0.1, 0.15) is 22.9 Å². The summed E-state index contributed by atoms with van der Waals surface area (Å²) < 4.78 is 16.1. The van der Waals surface area contributed by atoms with Gasteiger partial charge in [0.15, 0.2) is 0 Å². The molecule has 0 atom stereocenters. The van der Waals surface area contributed by atoms with Crippen molar-refractivity contribution in [3.8, 4) is 16.3 Å². The van der Waals surface area contributed by atoms with Crippen LogP contribution in [0, 0.1) is 6.92 Å². The van der Waals surface area contributed by atoms with Gasteiger partial charge in [-0.3, -0.25) is 4.79 Å². The lowest BCUT2D eigenvalue weighted by atomic mass is 10.1. The van der Waals surface area contributed by atoms with E-state index in [9.17, 15) is 4.79 Å². The van der Waals surface area contributed by atoms with Crippen LogP contribution in [0.1, 0.15) is 16.8 Å². The van der Waals surface area contributed by atoms with Crippen LogP contribution < -0.4 is 4.74 Å². The van der Waals surface area contributed by atoms with E-state index in [4.69, 9.17) is 13.9 Å². The first-order chi connectivity index (χ1) is 13.6. The van der Waals surface area contributed by atoms with Gasteiger partial charge in [0.05, 0.1) is 25.5 Å². The third kappa shape index (κ3) is 3.92. The number of aromatic nitrogens is 1. The quantitative estimate of drug-likeness (QED) is 0.424. The maximum Gasteiger partial charge on any atom is 0.310 e. The van der Waals surface area contributed by atoms with Gasteiger partial charge < -0.3 is 13.9 Å². The van der Waals surface area contributed by atoms with Gasteiger partial charge in [-0.1, -0.05) is 12.1 Å². The molecule has 0 aliphatic rings. The number of hydrogen-bond donors (Lipinski definition) is 0. The normalized spacial score (nSPS) is 10.9. The topological polar surface area (TPSA) is 61.6 Å². The van der Waals surface area contributed by atoms with Gasteiger partial charge in [-0.05, 0) is 42.8 Å². The molecule has 0 radical (unpaired) electrons. The molecular formula is C22H19NO4S. The number of esters is 1. The van der Waals surface area contributed by atoms with Crippen LogP contribution in [0.15, 0.2) is 58.5 Å². The number of nitrogens with zero attached hydrogens (tertiary/aromatic N) is 1. The van der Waals surface area contributed by atoms with E-state index in [1.807, 2.05) is 54.8 Å². The Labute approximate surface area is 166 Å². The molecule has 0 saturated carbocycles. The zero-order valence-electron chi connectivity index (χ0n) is 15.6. The second-order valence-electron chi connectivity index (χ2n) is 6.47. The van der Waals surface area contributed by atoms with E-state index in [0.29, 0.717) is 0 Å². The molecule has 0 aliphatic heterocycles. The Morgan fingerprint density at radius 3 is 2.79 bits per heavy atom. The van der Waals surface area contributed by atoms with Crippen molar-refractivity contribution in [1.29, 1.82) is 0 Å². The summed E-state index contributed by atoms with van der Waals surface area (Å²) >= 11 is 1.52. The van der Waals surface area contributed by atoms with Gasteiger partial charge in [-0.15, -0.1) is 11.3 Å². The molecule has 2 aromatic heterocycles. The molecule has 0 saturated heterocycles. The van der Waals surface area contributed by atoms with Gasteiger partial charge in [0.2, 0.25) is 0 Å². The highest BCUT2D eigenvalue weighted by atomic mass is 32.1. The smallest absolute Gasteiger partial charge is 0.310 e. The minimum Gasteiger partial charge on any atom is -0.497 e.